The number of hydrogen-bond acceptors (Lipinski definition) is 4. The quantitative estimate of drug-likeness (QED) is 0.348. The number of imidazole rings is 1. The van der Waals surface area contributed by atoms with Crippen LogP contribution in [0, 0.1) is 0 Å². The molecule has 0 bridgehead atoms. The molecule has 0 saturated carbocycles. The summed E-state index contributed by atoms with van der Waals surface area (Å²) >= 11 is 0. The highest BCUT2D eigenvalue weighted by atomic mass is 16.6. The average Bonchev–Trinajstić information content (AvgIpc) is 3.19. The van der Waals surface area contributed by atoms with E-state index in [1.54, 1.807) is 26.2 Å². The lowest BCUT2D eigenvalue weighted by Gasteiger charge is -2.15. The van der Waals surface area contributed by atoms with E-state index < -0.39 is 12.1 Å². The molecule has 1 aromatic heterocycles. The maximum absolute atomic E-state index is 12.4. The number of rotatable bonds is 8. The van der Waals surface area contributed by atoms with Crippen LogP contribution in [0.3, 0.4) is 0 Å². The third kappa shape index (κ3) is 5.19. The lowest BCUT2D eigenvalue weighted by Crippen LogP contribution is -2.25. The summed E-state index contributed by atoms with van der Waals surface area (Å²) in [6, 6.07) is 20.5. The van der Waals surface area contributed by atoms with Crippen LogP contribution in [-0.4, -0.2) is 45.7 Å². The number of hydrogen-bond donors (Lipinski definition) is 1. The zero-order chi connectivity index (χ0) is 24.9. The normalized spacial score (nSPS) is 10.9. The molecule has 0 aliphatic rings. The van der Waals surface area contributed by atoms with Crippen molar-refractivity contribution < 1.29 is 19.4 Å². The van der Waals surface area contributed by atoms with Crippen molar-refractivity contribution in [1.82, 2.24) is 14.5 Å². The van der Waals surface area contributed by atoms with Crippen molar-refractivity contribution in [3.8, 4) is 16.9 Å². The largest absolute Gasteiger partial charge is 0.478 e. The second-order valence-electron chi connectivity index (χ2n) is 8.64. The Bertz CT molecular complexity index is 1360. The molecule has 1 N–H and O–H groups in total. The van der Waals surface area contributed by atoms with E-state index in [1.165, 1.54) is 4.90 Å². The first kappa shape index (κ1) is 24.0. The Morgan fingerprint density at radius 2 is 1.80 bits per heavy atom. The van der Waals surface area contributed by atoms with Crippen molar-refractivity contribution >= 4 is 23.1 Å². The fourth-order valence-electron chi connectivity index (χ4n) is 4.12. The van der Waals surface area contributed by atoms with Crippen molar-refractivity contribution in [2.45, 2.75) is 32.7 Å². The standard InChI is InChI=1S/C28H29N3O4/c1-4-5-14-25-29-23-16-15-21(35-28(34)30(2)3)17-24(23)31(25)18-20-12-9-13-22(26(20)27(32)33)19-10-7-6-8-11-19/h6-13,15-17H,4-5,14,18H2,1-3H3,(H,32,33). The molecule has 1 amide bonds. The van der Waals surface area contributed by atoms with Gasteiger partial charge in [-0.05, 0) is 35.2 Å². The maximum Gasteiger partial charge on any atom is 0.414 e. The molecule has 7 heteroatoms. The van der Waals surface area contributed by atoms with Gasteiger partial charge in [-0.15, -0.1) is 0 Å². The van der Waals surface area contributed by atoms with E-state index >= 15 is 0 Å². The highest BCUT2D eigenvalue weighted by molar-refractivity contribution is 5.97. The van der Waals surface area contributed by atoms with Gasteiger partial charge in [-0.25, -0.2) is 14.6 Å². The summed E-state index contributed by atoms with van der Waals surface area (Å²) in [7, 11) is 3.25. The highest BCUT2D eigenvalue weighted by Gasteiger charge is 2.20. The number of aromatic carboxylic acids is 1. The smallest absolute Gasteiger partial charge is 0.414 e. The number of aryl methyl sites for hydroxylation is 1. The summed E-state index contributed by atoms with van der Waals surface area (Å²) in [5, 5.41) is 10.2. The van der Waals surface area contributed by atoms with Crippen molar-refractivity contribution in [3.05, 3.63) is 83.7 Å². The Kier molecular flexibility index (Phi) is 7.15. The number of carbonyl (C=O) groups excluding carboxylic acids is 1. The lowest BCUT2D eigenvalue weighted by molar-refractivity contribution is 0.0696. The number of carbonyl (C=O) groups is 2. The number of unbranched alkanes of at least 4 members (excludes halogenated alkanes) is 1. The molecule has 7 nitrogen and oxygen atoms in total. The van der Waals surface area contributed by atoms with Gasteiger partial charge < -0.3 is 19.3 Å². The van der Waals surface area contributed by atoms with E-state index in [2.05, 4.69) is 6.92 Å². The number of carboxylic acid groups (broad SMARTS) is 1. The van der Waals surface area contributed by atoms with E-state index in [9.17, 15) is 14.7 Å². The van der Waals surface area contributed by atoms with Gasteiger partial charge in [0.05, 0.1) is 23.1 Å². The minimum Gasteiger partial charge on any atom is -0.478 e. The average molecular weight is 472 g/mol. The molecule has 35 heavy (non-hydrogen) atoms. The lowest BCUT2D eigenvalue weighted by atomic mass is 9.95. The molecule has 0 fully saturated rings. The van der Waals surface area contributed by atoms with Gasteiger partial charge in [0.25, 0.3) is 0 Å². The van der Waals surface area contributed by atoms with E-state index in [0.717, 1.165) is 41.7 Å². The van der Waals surface area contributed by atoms with Gasteiger partial charge in [0, 0.05) is 26.6 Å². The fraction of sp³-hybridized carbons (Fsp3) is 0.250. The van der Waals surface area contributed by atoms with Crippen LogP contribution >= 0.6 is 0 Å². The number of aromatic nitrogens is 2. The second-order valence-corrected chi connectivity index (χ2v) is 8.64. The van der Waals surface area contributed by atoms with E-state index in [0.29, 0.717) is 23.4 Å². The molecule has 0 atom stereocenters. The summed E-state index contributed by atoms with van der Waals surface area (Å²) in [6.07, 6.45) is 2.27. The number of nitrogens with zero attached hydrogens (tertiary/aromatic N) is 3. The van der Waals surface area contributed by atoms with E-state index in [1.807, 2.05) is 59.2 Å². The minimum atomic E-state index is -0.973. The molecule has 0 spiro atoms. The van der Waals surface area contributed by atoms with Crippen LogP contribution < -0.4 is 4.74 Å². The molecule has 3 aromatic carbocycles. The zero-order valence-electron chi connectivity index (χ0n) is 20.2. The molecule has 0 aliphatic heterocycles. The van der Waals surface area contributed by atoms with Gasteiger partial charge in [-0.2, -0.15) is 0 Å². The van der Waals surface area contributed by atoms with Crippen LogP contribution in [0.4, 0.5) is 4.79 Å². The third-order valence-corrected chi connectivity index (χ3v) is 5.90. The second kappa shape index (κ2) is 10.4. The predicted molar refractivity (Wildman–Crippen MR) is 136 cm³/mol. The van der Waals surface area contributed by atoms with E-state index in [4.69, 9.17) is 9.72 Å². The Balaban J connectivity index is 1.83. The van der Waals surface area contributed by atoms with Gasteiger partial charge in [0.2, 0.25) is 0 Å². The SMILES string of the molecule is CCCCc1nc2ccc(OC(=O)N(C)C)cc2n1Cc1cccc(-c2ccccc2)c1C(=O)O. The number of ether oxygens (including phenoxy) is 1. The van der Waals surface area contributed by atoms with Crippen LogP contribution in [0.15, 0.2) is 66.7 Å². The first-order valence-corrected chi connectivity index (χ1v) is 11.7. The van der Waals surface area contributed by atoms with Gasteiger partial charge in [0.1, 0.15) is 11.6 Å². The van der Waals surface area contributed by atoms with Crippen molar-refractivity contribution in [3.63, 3.8) is 0 Å². The van der Waals surface area contributed by atoms with Crippen LogP contribution in [0.2, 0.25) is 0 Å². The number of amides is 1. The van der Waals surface area contributed by atoms with E-state index in [-0.39, 0.29) is 5.56 Å². The Labute approximate surface area is 204 Å². The minimum absolute atomic E-state index is 0.275. The van der Waals surface area contributed by atoms with Crippen LogP contribution in [0.25, 0.3) is 22.2 Å². The number of fused-ring (bicyclic) bond motifs is 1. The Morgan fingerprint density at radius 1 is 1.03 bits per heavy atom. The topological polar surface area (TPSA) is 84.7 Å². The highest BCUT2D eigenvalue weighted by Crippen LogP contribution is 2.29. The van der Waals surface area contributed by atoms with Crippen LogP contribution in [0.5, 0.6) is 5.75 Å². The molecule has 0 aliphatic carbocycles. The summed E-state index contributed by atoms with van der Waals surface area (Å²) in [4.78, 5) is 30.7. The third-order valence-electron chi connectivity index (χ3n) is 5.90. The number of carboxylic acids is 1. The molecule has 0 radical (unpaired) electrons. The molecular formula is C28H29N3O4. The van der Waals surface area contributed by atoms with Gasteiger partial charge in [-0.3, -0.25) is 0 Å². The fourth-order valence-corrected chi connectivity index (χ4v) is 4.12. The first-order valence-electron chi connectivity index (χ1n) is 11.7. The van der Waals surface area contributed by atoms with Crippen LogP contribution in [0.1, 0.15) is 41.5 Å². The molecule has 180 valence electrons. The molecule has 1 heterocycles. The monoisotopic (exact) mass is 471 g/mol. The van der Waals surface area contributed by atoms with Gasteiger partial charge >= 0.3 is 12.1 Å². The first-order chi connectivity index (χ1) is 16.9. The molecule has 0 unspecified atom stereocenters. The van der Waals surface area contributed by atoms with Gasteiger partial charge in [-0.1, -0.05) is 61.9 Å². The summed E-state index contributed by atoms with van der Waals surface area (Å²) < 4.78 is 7.51. The maximum atomic E-state index is 12.4. The van der Waals surface area contributed by atoms with Crippen molar-refractivity contribution in [2.75, 3.05) is 14.1 Å². The molecule has 0 saturated heterocycles. The predicted octanol–water partition coefficient (Wildman–Crippen LogP) is 5.85. The Morgan fingerprint density at radius 3 is 2.49 bits per heavy atom. The molecule has 4 rings (SSSR count). The molecule has 4 aromatic rings. The molecular weight excluding hydrogens is 442 g/mol. The summed E-state index contributed by atoms with van der Waals surface area (Å²) in [6.45, 7) is 2.46. The van der Waals surface area contributed by atoms with Crippen molar-refractivity contribution in [1.29, 1.82) is 0 Å². The summed E-state index contributed by atoms with van der Waals surface area (Å²) in [5.74, 6) is 0.315. The summed E-state index contributed by atoms with van der Waals surface area (Å²) in [5.41, 5.74) is 4.06. The number of benzene rings is 3. The zero-order valence-corrected chi connectivity index (χ0v) is 20.2. The van der Waals surface area contributed by atoms with Gasteiger partial charge in [0.15, 0.2) is 0 Å². The van der Waals surface area contributed by atoms with Crippen molar-refractivity contribution in [2.24, 2.45) is 0 Å². The Hall–Kier alpha value is -4.13. The van der Waals surface area contributed by atoms with Crippen LogP contribution in [-0.2, 0) is 13.0 Å².